The second-order valence-electron chi connectivity index (χ2n) is 2.90. The molecule has 1 aromatic rings. The van der Waals surface area contributed by atoms with Crippen LogP contribution in [0.5, 0.6) is 5.75 Å². The number of alkyl halides is 1. The highest BCUT2D eigenvalue weighted by molar-refractivity contribution is 9.09. The van der Waals surface area contributed by atoms with E-state index in [9.17, 15) is 9.50 Å². The summed E-state index contributed by atoms with van der Waals surface area (Å²) in [7, 11) is 0. The first kappa shape index (κ1) is 11.5. The van der Waals surface area contributed by atoms with Gasteiger partial charge in [-0.2, -0.15) is 0 Å². The maximum atomic E-state index is 12.7. The summed E-state index contributed by atoms with van der Waals surface area (Å²) in [6.45, 7) is 0.385. The van der Waals surface area contributed by atoms with Gasteiger partial charge in [-0.25, -0.2) is 4.39 Å². The van der Waals surface area contributed by atoms with Crippen molar-refractivity contribution >= 4 is 15.9 Å². The van der Waals surface area contributed by atoms with E-state index in [4.69, 9.17) is 4.74 Å². The van der Waals surface area contributed by atoms with Gasteiger partial charge in [0.05, 0.1) is 12.7 Å². The Labute approximate surface area is 90.8 Å². The van der Waals surface area contributed by atoms with E-state index in [1.165, 1.54) is 12.1 Å². The van der Waals surface area contributed by atoms with Crippen molar-refractivity contribution in [2.45, 2.75) is 12.5 Å². The van der Waals surface area contributed by atoms with E-state index >= 15 is 0 Å². The molecule has 1 N–H and O–H groups in total. The number of benzene rings is 1. The minimum Gasteiger partial charge on any atom is -0.493 e. The Hall–Kier alpha value is -0.610. The van der Waals surface area contributed by atoms with Gasteiger partial charge >= 0.3 is 0 Å². The Morgan fingerprint density at radius 3 is 2.93 bits per heavy atom. The molecule has 0 saturated carbocycles. The van der Waals surface area contributed by atoms with Gasteiger partial charge in [-0.15, -0.1) is 0 Å². The summed E-state index contributed by atoms with van der Waals surface area (Å²) in [4.78, 5) is 0. The van der Waals surface area contributed by atoms with Crippen LogP contribution in [0.1, 0.15) is 6.42 Å². The molecule has 0 saturated heterocycles. The van der Waals surface area contributed by atoms with Crippen molar-refractivity contribution in [2.24, 2.45) is 0 Å². The van der Waals surface area contributed by atoms with Crippen molar-refractivity contribution < 1.29 is 14.2 Å². The molecule has 0 heterocycles. The van der Waals surface area contributed by atoms with Crippen LogP contribution in [0, 0.1) is 5.82 Å². The van der Waals surface area contributed by atoms with Gasteiger partial charge in [-0.3, -0.25) is 0 Å². The van der Waals surface area contributed by atoms with Crippen LogP contribution in [-0.2, 0) is 0 Å². The molecule has 0 aliphatic heterocycles. The van der Waals surface area contributed by atoms with E-state index in [2.05, 4.69) is 15.9 Å². The highest BCUT2D eigenvalue weighted by Gasteiger charge is 2.02. The van der Waals surface area contributed by atoms with E-state index in [-0.39, 0.29) is 5.82 Å². The largest absolute Gasteiger partial charge is 0.493 e. The number of halogens is 2. The summed E-state index contributed by atoms with van der Waals surface area (Å²) < 4.78 is 17.9. The minimum atomic E-state index is -0.413. The van der Waals surface area contributed by atoms with Crippen molar-refractivity contribution in [1.82, 2.24) is 0 Å². The molecule has 1 aromatic carbocycles. The van der Waals surface area contributed by atoms with Crippen LogP contribution in [0.3, 0.4) is 0 Å². The van der Waals surface area contributed by atoms with Gasteiger partial charge < -0.3 is 9.84 Å². The molecule has 2 nitrogen and oxygen atoms in total. The Morgan fingerprint density at radius 2 is 2.29 bits per heavy atom. The molecule has 1 rings (SSSR count). The zero-order valence-corrected chi connectivity index (χ0v) is 9.21. The lowest BCUT2D eigenvalue weighted by Gasteiger charge is -2.08. The smallest absolute Gasteiger partial charge is 0.126 e. The van der Waals surface area contributed by atoms with Gasteiger partial charge in [-0.05, 0) is 12.1 Å². The Balaban J connectivity index is 2.31. The average molecular weight is 263 g/mol. The molecule has 0 radical (unpaired) electrons. The van der Waals surface area contributed by atoms with Gasteiger partial charge in [0.15, 0.2) is 0 Å². The topological polar surface area (TPSA) is 29.5 Å². The molecule has 0 amide bonds. The number of ether oxygens (including phenoxy) is 1. The molecule has 4 heteroatoms. The van der Waals surface area contributed by atoms with Crippen molar-refractivity contribution in [2.75, 3.05) is 11.9 Å². The summed E-state index contributed by atoms with van der Waals surface area (Å²) in [6, 6.07) is 5.95. The second kappa shape index (κ2) is 5.98. The highest BCUT2D eigenvalue weighted by atomic mass is 79.9. The number of rotatable bonds is 5. The molecule has 1 atom stereocenters. The quantitative estimate of drug-likeness (QED) is 0.826. The molecule has 0 aliphatic rings. The van der Waals surface area contributed by atoms with Crippen molar-refractivity contribution in [3.63, 3.8) is 0 Å². The van der Waals surface area contributed by atoms with E-state index in [0.717, 1.165) is 0 Å². The predicted molar refractivity (Wildman–Crippen MR) is 56.3 cm³/mol. The third kappa shape index (κ3) is 4.07. The van der Waals surface area contributed by atoms with E-state index < -0.39 is 6.10 Å². The lowest BCUT2D eigenvalue weighted by Crippen LogP contribution is -2.12. The molecule has 0 aliphatic carbocycles. The fourth-order valence-electron chi connectivity index (χ4n) is 0.947. The first-order chi connectivity index (χ1) is 6.72. The molecular weight excluding hydrogens is 251 g/mol. The average Bonchev–Trinajstić information content (AvgIpc) is 2.17. The molecule has 14 heavy (non-hydrogen) atoms. The lowest BCUT2D eigenvalue weighted by atomic mass is 10.3. The van der Waals surface area contributed by atoms with E-state index in [1.54, 1.807) is 12.1 Å². The summed E-state index contributed by atoms with van der Waals surface area (Å²) in [5.74, 6) is 0.176. The number of hydrogen-bond acceptors (Lipinski definition) is 2. The number of aliphatic hydroxyl groups excluding tert-OH is 1. The number of aliphatic hydroxyl groups is 1. The Morgan fingerprint density at radius 1 is 1.50 bits per heavy atom. The van der Waals surface area contributed by atoms with Gasteiger partial charge in [0.1, 0.15) is 11.6 Å². The molecule has 78 valence electrons. The third-order valence-electron chi connectivity index (χ3n) is 1.69. The first-order valence-electron chi connectivity index (χ1n) is 4.35. The van der Waals surface area contributed by atoms with Crippen LogP contribution in [0.4, 0.5) is 4.39 Å². The van der Waals surface area contributed by atoms with Crippen LogP contribution in [-0.4, -0.2) is 23.1 Å². The normalized spacial score (nSPS) is 12.5. The molecule has 0 spiro atoms. The molecule has 0 fully saturated rings. The lowest BCUT2D eigenvalue weighted by molar-refractivity contribution is 0.160. The Kier molecular flexibility index (Phi) is 4.90. The predicted octanol–water partition coefficient (Wildman–Crippen LogP) is 2.35. The first-order valence-corrected chi connectivity index (χ1v) is 5.47. The zero-order chi connectivity index (χ0) is 10.4. The van der Waals surface area contributed by atoms with Crippen LogP contribution in [0.2, 0.25) is 0 Å². The molecule has 0 aromatic heterocycles. The maximum Gasteiger partial charge on any atom is 0.126 e. The standard InChI is InChI=1S/C10H12BrFO2/c11-7-9(13)4-5-14-10-3-1-2-8(12)6-10/h1-3,6,9,13H,4-5,7H2. The summed E-state index contributed by atoms with van der Waals surface area (Å²) in [6.07, 6.45) is 0.116. The van der Waals surface area contributed by atoms with Crippen LogP contribution < -0.4 is 4.74 Å². The summed E-state index contributed by atoms with van der Waals surface area (Å²) in [5, 5.41) is 9.72. The van der Waals surface area contributed by atoms with E-state index in [0.29, 0.717) is 24.1 Å². The van der Waals surface area contributed by atoms with Crippen LogP contribution in [0.15, 0.2) is 24.3 Å². The molecule has 0 bridgehead atoms. The van der Waals surface area contributed by atoms with Gasteiger partial charge in [0.25, 0.3) is 0 Å². The number of hydrogen-bond donors (Lipinski definition) is 1. The van der Waals surface area contributed by atoms with Crippen molar-refractivity contribution in [3.8, 4) is 5.75 Å². The maximum absolute atomic E-state index is 12.7. The van der Waals surface area contributed by atoms with Gasteiger partial charge in [-0.1, -0.05) is 22.0 Å². The molecular formula is C10H12BrFO2. The third-order valence-corrected chi connectivity index (χ3v) is 2.44. The molecule has 1 unspecified atom stereocenters. The fourth-order valence-corrected chi connectivity index (χ4v) is 1.27. The zero-order valence-electron chi connectivity index (χ0n) is 7.62. The SMILES string of the molecule is OC(CBr)CCOc1cccc(F)c1. The second-order valence-corrected chi connectivity index (χ2v) is 3.55. The van der Waals surface area contributed by atoms with E-state index in [1.807, 2.05) is 0 Å². The minimum absolute atomic E-state index is 0.316. The fraction of sp³-hybridized carbons (Fsp3) is 0.400. The van der Waals surface area contributed by atoms with Gasteiger partial charge in [0, 0.05) is 17.8 Å². The van der Waals surface area contributed by atoms with Crippen molar-refractivity contribution in [3.05, 3.63) is 30.1 Å². The summed E-state index contributed by atoms with van der Waals surface area (Å²) in [5.41, 5.74) is 0. The van der Waals surface area contributed by atoms with Crippen LogP contribution in [0.25, 0.3) is 0 Å². The monoisotopic (exact) mass is 262 g/mol. The van der Waals surface area contributed by atoms with Crippen LogP contribution >= 0.6 is 15.9 Å². The van der Waals surface area contributed by atoms with Gasteiger partial charge in [0.2, 0.25) is 0 Å². The summed E-state index contributed by atoms with van der Waals surface area (Å²) >= 11 is 3.15. The highest BCUT2D eigenvalue weighted by Crippen LogP contribution is 2.12. The Bertz CT molecular complexity index is 281. The van der Waals surface area contributed by atoms with Crippen molar-refractivity contribution in [1.29, 1.82) is 0 Å².